The van der Waals surface area contributed by atoms with Crippen molar-refractivity contribution in [1.82, 2.24) is 0 Å². The number of ether oxygens (including phenoxy) is 1. The third-order valence-corrected chi connectivity index (χ3v) is 1.10. The third kappa shape index (κ3) is 5.72. The molecule has 0 saturated heterocycles. The highest BCUT2D eigenvalue weighted by atomic mass is 16.5. The lowest BCUT2D eigenvalue weighted by Gasteiger charge is -2.09. The van der Waals surface area contributed by atoms with Crippen LogP contribution in [0, 0.1) is 0 Å². The molecule has 0 aliphatic carbocycles. The van der Waals surface area contributed by atoms with Crippen molar-refractivity contribution in [1.29, 1.82) is 0 Å². The zero-order chi connectivity index (χ0) is 7.98. The molecule has 0 rings (SSSR count). The van der Waals surface area contributed by atoms with E-state index in [4.69, 9.17) is 10.5 Å². The fourth-order valence-corrected chi connectivity index (χ4v) is 0.733. The van der Waals surface area contributed by atoms with Gasteiger partial charge in [-0.1, -0.05) is 0 Å². The summed E-state index contributed by atoms with van der Waals surface area (Å²) in [6, 6.07) is 0. The normalized spacial score (nSPS) is 13.1. The first-order valence-electron chi connectivity index (χ1n) is 3.48. The highest BCUT2D eigenvalue weighted by molar-refractivity contribution is 5.75. The lowest BCUT2D eigenvalue weighted by molar-refractivity contribution is -0.119. The van der Waals surface area contributed by atoms with Crippen LogP contribution in [0.15, 0.2) is 0 Å². The number of Topliss-reactive ketones (excluding diaryl/α,β-unsaturated/α-hetero) is 1. The van der Waals surface area contributed by atoms with Gasteiger partial charge in [0.15, 0.2) is 0 Å². The third-order valence-electron chi connectivity index (χ3n) is 1.10. The summed E-state index contributed by atoms with van der Waals surface area (Å²) in [6.07, 6.45) is 0.501. The second kappa shape index (κ2) is 5.38. The molecule has 3 heteroatoms. The lowest BCUT2D eigenvalue weighted by atomic mass is 10.2. The fraction of sp³-hybridized carbons (Fsp3) is 0.857. The number of hydrogen-bond acceptors (Lipinski definition) is 3. The van der Waals surface area contributed by atoms with Gasteiger partial charge in [-0.2, -0.15) is 0 Å². The van der Waals surface area contributed by atoms with Crippen molar-refractivity contribution < 1.29 is 9.53 Å². The van der Waals surface area contributed by atoms with E-state index in [2.05, 4.69) is 0 Å². The molecule has 0 aliphatic rings. The standard InChI is InChI=1S/C7H15NO2/c1-6(9)5-7(2)10-4-3-8/h7H,3-5,8H2,1-2H3. The van der Waals surface area contributed by atoms with Crippen molar-refractivity contribution in [3.8, 4) is 0 Å². The first-order chi connectivity index (χ1) is 4.66. The van der Waals surface area contributed by atoms with Gasteiger partial charge in [-0.25, -0.2) is 0 Å². The van der Waals surface area contributed by atoms with Crippen LogP contribution in [0.1, 0.15) is 20.3 Å². The molecule has 0 aromatic rings. The summed E-state index contributed by atoms with van der Waals surface area (Å²) in [6.45, 7) is 4.48. The summed E-state index contributed by atoms with van der Waals surface area (Å²) in [5.41, 5.74) is 5.20. The molecule has 0 radical (unpaired) electrons. The van der Waals surface area contributed by atoms with Crippen LogP contribution in [0.3, 0.4) is 0 Å². The molecule has 60 valence electrons. The Bertz CT molecular complexity index is 104. The van der Waals surface area contributed by atoms with Crippen LogP contribution >= 0.6 is 0 Å². The molecular weight excluding hydrogens is 130 g/mol. The number of carbonyl (C=O) groups excluding carboxylic acids is 1. The summed E-state index contributed by atoms with van der Waals surface area (Å²) in [7, 11) is 0. The average molecular weight is 145 g/mol. The number of carbonyl (C=O) groups is 1. The molecule has 0 spiro atoms. The van der Waals surface area contributed by atoms with Crippen molar-refractivity contribution in [2.24, 2.45) is 5.73 Å². The number of hydrogen-bond donors (Lipinski definition) is 1. The van der Waals surface area contributed by atoms with E-state index >= 15 is 0 Å². The molecule has 0 heterocycles. The maximum atomic E-state index is 10.5. The van der Waals surface area contributed by atoms with E-state index in [9.17, 15) is 4.79 Å². The van der Waals surface area contributed by atoms with Gasteiger partial charge in [0.05, 0.1) is 12.7 Å². The highest BCUT2D eigenvalue weighted by Crippen LogP contribution is 1.96. The number of nitrogens with two attached hydrogens (primary N) is 1. The van der Waals surface area contributed by atoms with E-state index in [1.165, 1.54) is 0 Å². The summed E-state index contributed by atoms with van der Waals surface area (Å²) in [4.78, 5) is 10.5. The Balaban J connectivity index is 3.25. The van der Waals surface area contributed by atoms with Gasteiger partial charge in [-0.3, -0.25) is 4.79 Å². The molecule has 0 fully saturated rings. The van der Waals surface area contributed by atoms with E-state index in [1.54, 1.807) is 6.92 Å². The van der Waals surface area contributed by atoms with Gasteiger partial charge >= 0.3 is 0 Å². The molecule has 2 N–H and O–H groups in total. The molecule has 0 aliphatic heterocycles. The van der Waals surface area contributed by atoms with Crippen LogP contribution in [0.5, 0.6) is 0 Å². The topological polar surface area (TPSA) is 52.3 Å². The minimum absolute atomic E-state index is 0.0149. The van der Waals surface area contributed by atoms with Crippen molar-refractivity contribution in [2.45, 2.75) is 26.4 Å². The van der Waals surface area contributed by atoms with Gasteiger partial charge in [0.2, 0.25) is 0 Å². The first kappa shape index (κ1) is 9.59. The molecule has 0 aromatic heterocycles. The summed E-state index contributed by atoms with van der Waals surface area (Å²) < 4.78 is 5.16. The molecular formula is C7H15NO2. The average Bonchev–Trinajstić information content (AvgIpc) is 1.82. The van der Waals surface area contributed by atoms with E-state index in [0.29, 0.717) is 19.6 Å². The van der Waals surface area contributed by atoms with E-state index < -0.39 is 0 Å². The van der Waals surface area contributed by atoms with Crippen LogP contribution in [-0.2, 0) is 9.53 Å². The van der Waals surface area contributed by atoms with E-state index in [1.807, 2.05) is 6.92 Å². The van der Waals surface area contributed by atoms with E-state index in [0.717, 1.165) is 0 Å². The Morgan fingerprint density at radius 2 is 2.30 bits per heavy atom. The Morgan fingerprint density at radius 1 is 1.70 bits per heavy atom. The Kier molecular flexibility index (Phi) is 5.16. The minimum Gasteiger partial charge on any atom is -0.377 e. The molecule has 10 heavy (non-hydrogen) atoms. The molecule has 0 aromatic carbocycles. The smallest absolute Gasteiger partial charge is 0.132 e. The van der Waals surface area contributed by atoms with Crippen LogP contribution in [0.4, 0.5) is 0 Å². The van der Waals surface area contributed by atoms with Gasteiger partial charge < -0.3 is 10.5 Å². The Hall–Kier alpha value is -0.410. The van der Waals surface area contributed by atoms with Crippen LogP contribution in [-0.4, -0.2) is 25.0 Å². The maximum Gasteiger partial charge on any atom is 0.132 e. The predicted molar refractivity (Wildman–Crippen MR) is 39.8 cm³/mol. The van der Waals surface area contributed by atoms with Gasteiger partial charge in [-0.15, -0.1) is 0 Å². The predicted octanol–water partition coefficient (Wildman–Crippen LogP) is 0.329. The Labute approximate surface area is 61.5 Å². The fourth-order valence-electron chi connectivity index (χ4n) is 0.733. The zero-order valence-electron chi connectivity index (χ0n) is 6.59. The molecule has 1 unspecified atom stereocenters. The van der Waals surface area contributed by atoms with Crippen LogP contribution < -0.4 is 5.73 Å². The van der Waals surface area contributed by atoms with Crippen LogP contribution in [0.2, 0.25) is 0 Å². The monoisotopic (exact) mass is 145 g/mol. The number of ketones is 1. The molecule has 0 bridgehead atoms. The molecule has 3 nitrogen and oxygen atoms in total. The van der Waals surface area contributed by atoms with Gasteiger partial charge in [0, 0.05) is 13.0 Å². The van der Waals surface area contributed by atoms with E-state index in [-0.39, 0.29) is 11.9 Å². The van der Waals surface area contributed by atoms with Gasteiger partial charge in [0.1, 0.15) is 5.78 Å². The molecule has 0 saturated carbocycles. The second-order valence-electron chi connectivity index (χ2n) is 2.38. The van der Waals surface area contributed by atoms with Gasteiger partial charge in [-0.05, 0) is 13.8 Å². The van der Waals surface area contributed by atoms with Crippen molar-refractivity contribution in [2.75, 3.05) is 13.2 Å². The molecule has 0 amide bonds. The van der Waals surface area contributed by atoms with Crippen LogP contribution in [0.25, 0.3) is 0 Å². The molecule has 1 atom stereocenters. The quantitative estimate of drug-likeness (QED) is 0.606. The summed E-state index contributed by atoms with van der Waals surface area (Å²) in [5.74, 6) is 0.157. The zero-order valence-corrected chi connectivity index (χ0v) is 6.59. The second-order valence-corrected chi connectivity index (χ2v) is 2.38. The first-order valence-corrected chi connectivity index (χ1v) is 3.48. The summed E-state index contributed by atoms with van der Waals surface area (Å²) >= 11 is 0. The van der Waals surface area contributed by atoms with Crippen molar-refractivity contribution in [3.63, 3.8) is 0 Å². The Morgan fingerprint density at radius 3 is 2.70 bits per heavy atom. The van der Waals surface area contributed by atoms with Gasteiger partial charge in [0.25, 0.3) is 0 Å². The summed E-state index contributed by atoms with van der Waals surface area (Å²) in [5, 5.41) is 0. The lowest BCUT2D eigenvalue weighted by Crippen LogP contribution is -2.17. The maximum absolute atomic E-state index is 10.5. The SMILES string of the molecule is CC(=O)CC(C)OCCN. The van der Waals surface area contributed by atoms with Crippen molar-refractivity contribution >= 4 is 5.78 Å². The minimum atomic E-state index is 0.0149. The van der Waals surface area contributed by atoms with Crippen molar-refractivity contribution in [3.05, 3.63) is 0 Å². The number of rotatable bonds is 5. The largest absolute Gasteiger partial charge is 0.377 e. The highest BCUT2D eigenvalue weighted by Gasteiger charge is 2.03.